The third kappa shape index (κ3) is 2.67. The van der Waals surface area contributed by atoms with Crippen molar-refractivity contribution < 1.29 is 4.79 Å². The molecule has 0 aromatic rings. The zero-order chi connectivity index (χ0) is 8.97. The Balaban J connectivity index is 2.35. The minimum Gasteiger partial charge on any atom is -0.298 e. The Bertz CT molecular complexity index is 161. The van der Waals surface area contributed by atoms with E-state index in [9.17, 15) is 4.79 Å². The third-order valence-electron chi connectivity index (χ3n) is 2.16. The van der Waals surface area contributed by atoms with Gasteiger partial charge in [-0.15, -0.1) is 11.6 Å². The molecule has 0 saturated carbocycles. The van der Waals surface area contributed by atoms with Crippen molar-refractivity contribution in [2.75, 3.05) is 5.75 Å². The molecule has 2 unspecified atom stereocenters. The summed E-state index contributed by atoms with van der Waals surface area (Å²) in [5, 5.41) is 0.170. The second-order valence-corrected chi connectivity index (χ2v) is 4.99. The molecule has 0 aromatic heterocycles. The van der Waals surface area contributed by atoms with Gasteiger partial charge in [0.1, 0.15) is 5.38 Å². The summed E-state index contributed by atoms with van der Waals surface area (Å²) in [6.45, 7) is 2.17. The van der Waals surface area contributed by atoms with Gasteiger partial charge in [0, 0.05) is 17.4 Å². The molecular weight excluding hydrogens is 192 g/mol. The van der Waals surface area contributed by atoms with Crippen molar-refractivity contribution in [3.05, 3.63) is 0 Å². The molecule has 3 heteroatoms. The van der Waals surface area contributed by atoms with Crippen molar-refractivity contribution in [1.29, 1.82) is 0 Å². The number of hydrogen-bond donors (Lipinski definition) is 0. The lowest BCUT2D eigenvalue weighted by Crippen LogP contribution is -2.31. The van der Waals surface area contributed by atoms with Crippen LogP contribution in [-0.2, 0) is 4.79 Å². The largest absolute Gasteiger partial charge is 0.298 e. The molecule has 0 aliphatic carbocycles. The predicted molar refractivity (Wildman–Crippen MR) is 55.0 cm³/mol. The number of unbranched alkanes of at least 4 members (excludes halogenated alkanes) is 1. The molecule has 1 nitrogen and oxygen atoms in total. The van der Waals surface area contributed by atoms with Crippen LogP contribution in [0.4, 0.5) is 0 Å². The van der Waals surface area contributed by atoms with E-state index in [0.717, 1.165) is 12.2 Å². The van der Waals surface area contributed by atoms with Gasteiger partial charge in [-0.05, 0) is 6.42 Å². The summed E-state index contributed by atoms with van der Waals surface area (Å²) < 4.78 is 0. The fourth-order valence-electron chi connectivity index (χ4n) is 1.38. The topological polar surface area (TPSA) is 17.1 Å². The van der Waals surface area contributed by atoms with E-state index < -0.39 is 0 Å². The van der Waals surface area contributed by atoms with Crippen LogP contribution >= 0.6 is 23.4 Å². The molecule has 1 rings (SSSR count). The van der Waals surface area contributed by atoms with E-state index in [-0.39, 0.29) is 11.2 Å². The summed E-state index contributed by atoms with van der Waals surface area (Å²) in [7, 11) is 0. The highest BCUT2D eigenvalue weighted by Crippen LogP contribution is 2.30. The first-order chi connectivity index (χ1) is 5.75. The summed E-state index contributed by atoms with van der Waals surface area (Å²) in [6.07, 6.45) is 4.14. The number of rotatable bonds is 3. The Labute approximate surface area is 83.2 Å². The Morgan fingerprint density at radius 3 is 3.08 bits per heavy atom. The summed E-state index contributed by atoms with van der Waals surface area (Å²) in [6, 6.07) is 0. The quantitative estimate of drug-likeness (QED) is 0.661. The SMILES string of the molecule is CCCCC1SCCC(=O)C1Cl. The molecule has 2 atom stereocenters. The Morgan fingerprint density at radius 2 is 2.42 bits per heavy atom. The minimum absolute atomic E-state index is 0.213. The highest BCUT2D eigenvalue weighted by Gasteiger charge is 2.29. The van der Waals surface area contributed by atoms with Crippen molar-refractivity contribution in [3.63, 3.8) is 0 Å². The van der Waals surface area contributed by atoms with Gasteiger partial charge in [-0.3, -0.25) is 4.79 Å². The van der Waals surface area contributed by atoms with E-state index in [1.165, 1.54) is 12.8 Å². The molecule has 0 spiro atoms. The molecule has 12 heavy (non-hydrogen) atoms. The van der Waals surface area contributed by atoms with E-state index in [4.69, 9.17) is 11.6 Å². The van der Waals surface area contributed by atoms with Crippen molar-refractivity contribution >= 4 is 29.1 Å². The molecular formula is C9H15ClOS. The first-order valence-electron chi connectivity index (χ1n) is 4.54. The maximum Gasteiger partial charge on any atom is 0.152 e. The maximum atomic E-state index is 11.2. The minimum atomic E-state index is -0.213. The summed E-state index contributed by atoms with van der Waals surface area (Å²) in [5.74, 6) is 1.22. The van der Waals surface area contributed by atoms with Gasteiger partial charge in [-0.25, -0.2) is 0 Å². The highest BCUT2D eigenvalue weighted by atomic mass is 35.5. The zero-order valence-electron chi connectivity index (χ0n) is 7.38. The molecule has 1 aliphatic heterocycles. The first kappa shape index (κ1) is 10.4. The Hall–Kier alpha value is 0.310. The second-order valence-electron chi connectivity index (χ2n) is 3.17. The molecule has 70 valence electrons. The van der Waals surface area contributed by atoms with Gasteiger partial charge in [-0.2, -0.15) is 11.8 Å². The standard InChI is InChI=1S/C9H15ClOS/c1-2-3-4-8-9(10)7(11)5-6-12-8/h8-9H,2-6H2,1H3. The number of carbonyl (C=O) groups is 1. The van der Waals surface area contributed by atoms with Crippen molar-refractivity contribution in [2.45, 2.75) is 43.2 Å². The van der Waals surface area contributed by atoms with E-state index in [0.29, 0.717) is 11.7 Å². The number of alkyl halides is 1. The van der Waals surface area contributed by atoms with Crippen molar-refractivity contribution in [1.82, 2.24) is 0 Å². The Kier molecular flexibility index (Phi) is 4.44. The van der Waals surface area contributed by atoms with Crippen LogP contribution in [0.5, 0.6) is 0 Å². The van der Waals surface area contributed by atoms with Gasteiger partial charge in [-0.1, -0.05) is 19.8 Å². The van der Waals surface area contributed by atoms with Crippen molar-refractivity contribution in [3.8, 4) is 0 Å². The number of halogens is 1. The van der Waals surface area contributed by atoms with Crippen LogP contribution in [0.25, 0.3) is 0 Å². The van der Waals surface area contributed by atoms with Crippen LogP contribution < -0.4 is 0 Å². The summed E-state index contributed by atoms with van der Waals surface area (Å²) in [4.78, 5) is 11.2. The predicted octanol–water partition coefficient (Wildman–Crippen LogP) is 2.86. The maximum absolute atomic E-state index is 11.2. The van der Waals surface area contributed by atoms with Crippen molar-refractivity contribution in [2.24, 2.45) is 0 Å². The zero-order valence-corrected chi connectivity index (χ0v) is 8.96. The van der Waals surface area contributed by atoms with E-state index in [2.05, 4.69) is 6.92 Å². The smallest absolute Gasteiger partial charge is 0.152 e. The normalized spacial score (nSPS) is 30.7. The van der Waals surface area contributed by atoms with Gasteiger partial charge in [0.2, 0.25) is 0 Å². The van der Waals surface area contributed by atoms with Gasteiger partial charge in [0.05, 0.1) is 0 Å². The lowest BCUT2D eigenvalue weighted by molar-refractivity contribution is -0.118. The summed E-state index contributed by atoms with van der Waals surface area (Å²) >= 11 is 7.86. The fourth-order valence-corrected chi connectivity index (χ4v) is 3.10. The van der Waals surface area contributed by atoms with Crippen LogP contribution in [0.3, 0.4) is 0 Å². The van der Waals surface area contributed by atoms with Gasteiger partial charge in [0.15, 0.2) is 5.78 Å². The Morgan fingerprint density at radius 1 is 1.67 bits per heavy atom. The molecule has 0 bridgehead atoms. The van der Waals surface area contributed by atoms with E-state index in [1.807, 2.05) is 11.8 Å². The molecule has 1 aliphatic rings. The number of ketones is 1. The first-order valence-corrected chi connectivity index (χ1v) is 6.02. The van der Waals surface area contributed by atoms with Gasteiger partial charge < -0.3 is 0 Å². The molecule has 0 amide bonds. The monoisotopic (exact) mass is 206 g/mol. The number of hydrogen-bond acceptors (Lipinski definition) is 2. The lowest BCUT2D eigenvalue weighted by atomic mass is 10.1. The van der Waals surface area contributed by atoms with E-state index in [1.54, 1.807) is 0 Å². The molecule has 0 aromatic carbocycles. The summed E-state index contributed by atoms with van der Waals surface area (Å²) in [5.41, 5.74) is 0. The second kappa shape index (κ2) is 5.13. The van der Waals surface area contributed by atoms with Gasteiger partial charge >= 0.3 is 0 Å². The number of carbonyl (C=O) groups excluding carboxylic acids is 1. The third-order valence-corrected chi connectivity index (χ3v) is 4.23. The molecule has 1 saturated heterocycles. The average Bonchev–Trinajstić information content (AvgIpc) is 2.08. The average molecular weight is 207 g/mol. The van der Waals surface area contributed by atoms with Gasteiger partial charge in [0.25, 0.3) is 0 Å². The van der Waals surface area contributed by atoms with Crippen LogP contribution in [0, 0.1) is 0 Å². The molecule has 1 heterocycles. The van der Waals surface area contributed by atoms with Crippen LogP contribution in [0.15, 0.2) is 0 Å². The van der Waals surface area contributed by atoms with Crippen LogP contribution in [0.1, 0.15) is 32.6 Å². The molecule has 1 fully saturated rings. The lowest BCUT2D eigenvalue weighted by Gasteiger charge is -2.25. The molecule has 0 radical (unpaired) electrons. The fraction of sp³-hybridized carbons (Fsp3) is 0.889. The molecule has 0 N–H and O–H groups in total. The highest BCUT2D eigenvalue weighted by molar-refractivity contribution is 8.00. The van der Waals surface area contributed by atoms with Crippen LogP contribution in [-0.4, -0.2) is 22.2 Å². The van der Waals surface area contributed by atoms with Crippen LogP contribution in [0.2, 0.25) is 0 Å². The van der Waals surface area contributed by atoms with E-state index >= 15 is 0 Å². The number of thioether (sulfide) groups is 1. The number of Topliss-reactive ketones (excluding diaryl/α,β-unsaturated/α-hetero) is 1.